The van der Waals surface area contributed by atoms with Crippen LogP contribution < -0.4 is 5.32 Å². The van der Waals surface area contributed by atoms with Crippen LogP contribution in [0.5, 0.6) is 0 Å². The summed E-state index contributed by atoms with van der Waals surface area (Å²) in [5.74, 6) is 0. The number of allylic oxidation sites excluding steroid dienone is 8. The molecule has 1 nitrogen and oxygen atoms in total. The Balaban J connectivity index is 0. The van der Waals surface area contributed by atoms with E-state index in [4.69, 9.17) is 0 Å². The van der Waals surface area contributed by atoms with Gasteiger partial charge in [-0.25, -0.2) is 0 Å². The van der Waals surface area contributed by atoms with E-state index in [-0.39, 0.29) is 1.43 Å². The van der Waals surface area contributed by atoms with Gasteiger partial charge in [0.05, 0.1) is 0 Å². The van der Waals surface area contributed by atoms with Gasteiger partial charge < -0.3 is 5.32 Å². The van der Waals surface area contributed by atoms with Gasteiger partial charge >= 0.3 is 0 Å². The number of nitrogens with one attached hydrogen (secondary N) is 1. The fraction of sp³-hybridized carbons (Fsp3) is 0.412. The van der Waals surface area contributed by atoms with Crippen LogP contribution in [0.4, 0.5) is 0 Å². The first-order valence-electron chi connectivity index (χ1n) is 7.12. The van der Waals surface area contributed by atoms with Gasteiger partial charge in [0, 0.05) is 12.8 Å². The monoisotopic (exact) mass is 247 g/mol. The van der Waals surface area contributed by atoms with Crippen LogP contribution in [-0.2, 0) is 0 Å². The summed E-state index contributed by atoms with van der Waals surface area (Å²) >= 11 is 0. The molecular weight excluding hydrogens is 218 g/mol. The Hall–Kier alpha value is -1.50. The van der Waals surface area contributed by atoms with Gasteiger partial charge in [-0.1, -0.05) is 58.1 Å². The topological polar surface area (TPSA) is 12.0 Å². The lowest BCUT2D eigenvalue weighted by Gasteiger charge is -2.10. The summed E-state index contributed by atoms with van der Waals surface area (Å²) in [5.41, 5.74) is 2.37. The molecule has 0 heterocycles. The second kappa shape index (κ2) is 12.0. The van der Waals surface area contributed by atoms with Crippen LogP contribution in [-0.4, -0.2) is 0 Å². The van der Waals surface area contributed by atoms with Crippen molar-refractivity contribution < 1.29 is 1.43 Å². The second-order valence-electron chi connectivity index (χ2n) is 3.45. The van der Waals surface area contributed by atoms with Crippen LogP contribution in [0, 0.1) is 0 Å². The van der Waals surface area contributed by atoms with Gasteiger partial charge in [-0.15, -0.1) is 0 Å². The maximum absolute atomic E-state index is 3.40. The number of hydrogen-bond donors (Lipinski definition) is 1. The highest BCUT2D eigenvalue weighted by atomic mass is 14.9. The molecule has 0 saturated carbocycles. The average Bonchev–Trinajstić information content (AvgIpc) is 2.73. The molecule has 0 unspecified atom stereocenters. The summed E-state index contributed by atoms with van der Waals surface area (Å²) in [7, 11) is 0. The van der Waals surface area contributed by atoms with E-state index in [0.717, 1.165) is 18.5 Å². The first kappa shape index (κ1) is 16.5. The summed E-state index contributed by atoms with van der Waals surface area (Å²) in [4.78, 5) is 0. The predicted octanol–water partition coefficient (Wildman–Crippen LogP) is 5.51. The molecule has 0 atom stereocenters. The van der Waals surface area contributed by atoms with Gasteiger partial charge in [0.15, 0.2) is 0 Å². The van der Waals surface area contributed by atoms with Gasteiger partial charge in [0.2, 0.25) is 0 Å². The molecule has 0 aliphatic heterocycles. The molecule has 0 fully saturated rings. The molecule has 0 radical (unpaired) electrons. The van der Waals surface area contributed by atoms with E-state index in [2.05, 4.69) is 53.9 Å². The fourth-order valence-electron chi connectivity index (χ4n) is 1.54. The highest BCUT2D eigenvalue weighted by Gasteiger charge is 1.98. The van der Waals surface area contributed by atoms with Crippen molar-refractivity contribution in [1.29, 1.82) is 0 Å². The maximum atomic E-state index is 3.40. The fourth-order valence-corrected chi connectivity index (χ4v) is 1.54. The summed E-state index contributed by atoms with van der Waals surface area (Å²) < 4.78 is 0. The molecule has 18 heavy (non-hydrogen) atoms. The van der Waals surface area contributed by atoms with Crippen LogP contribution in [0.15, 0.2) is 60.0 Å². The summed E-state index contributed by atoms with van der Waals surface area (Å²) in [6.45, 7) is 8.00. The molecule has 2 aliphatic rings. The van der Waals surface area contributed by atoms with Crippen molar-refractivity contribution in [3.05, 3.63) is 60.0 Å². The van der Waals surface area contributed by atoms with Crippen LogP contribution in [0.3, 0.4) is 0 Å². The molecule has 2 rings (SSSR count). The molecule has 0 aromatic carbocycles. The third-order valence-electron chi connectivity index (χ3n) is 2.27. The Kier molecular flexibility index (Phi) is 11.0. The van der Waals surface area contributed by atoms with Crippen molar-refractivity contribution in [2.75, 3.05) is 0 Å². The lowest BCUT2D eigenvalue weighted by atomic mass is 10.1. The molecule has 1 N–H and O–H groups in total. The molecule has 102 valence electrons. The van der Waals surface area contributed by atoms with Gasteiger partial charge in [-0.3, -0.25) is 0 Å². The Morgan fingerprint density at radius 2 is 1.61 bits per heavy atom. The van der Waals surface area contributed by atoms with Crippen LogP contribution in [0.1, 0.15) is 48.4 Å². The van der Waals surface area contributed by atoms with Crippen molar-refractivity contribution in [1.82, 2.24) is 5.32 Å². The standard InChI is InChI=1S/C13H15N.2C2H6.H2/c1-2-5-9-12(8-4-1)14-13-10-6-3-7-11-13;2*1-2;/h1,4-6,8-11,14H,2-3,7H2;2*1-2H3;1H. The normalized spacial score (nSPS) is 16.2. The zero-order valence-corrected chi connectivity index (χ0v) is 12.2. The minimum Gasteiger partial charge on any atom is -0.356 e. The van der Waals surface area contributed by atoms with Crippen molar-refractivity contribution in [2.45, 2.75) is 47.0 Å². The van der Waals surface area contributed by atoms with Gasteiger partial charge in [-0.2, -0.15) is 0 Å². The van der Waals surface area contributed by atoms with E-state index in [0.29, 0.717) is 0 Å². The lowest BCUT2D eigenvalue weighted by molar-refractivity contribution is 0.949. The van der Waals surface area contributed by atoms with E-state index in [9.17, 15) is 0 Å². The van der Waals surface area contributed by atoms with Crippen molar-refractivity contribution in [2.24, 2.45) is 0 Å². The number of rotatable bonds is 2. The van der Waals surface area contributed by atoms with Gasteiger partial charge in [-0.05, 0) is 37.5 Å². The largest absolute Gasteiger partial charge is 0.356 e. The molecule has 0 spiro atoms. The SMILES string of the molecule is C1=CCC=CC(NC2=CCCC=C2)=C1.CC.CC.[HH]. The minimum absolute atomic E-state index is 0. The Labute approximate surface area is 114 Å². The van der Waals surface area contributed by atoms with E-state index in [1.54, 1.807) is 0 Å². The van der Waals surface area contributed by atoms with Gasteiger partial charge in [0.1, 0.15) is 0 Å². The first-order chi connectivity index (χ1) is 8.95. The lowest BCUT2D eigenvalue weighted by Crippen LogP contribution is -2.10. The summed E-state index contributed by atoms with van der Waals surface area (Å²) in [6, 6.07) is 0. The molecule has 2 aliphatic carbocycles. The molecule has 0 saturated heterocycles. The average molecular weight is 247 g/mol. The Bertz CT molecular complexity index is 346. The smallest absolute Gasteiger partial charge is 0.0380 e. The molecule has 1 heteroatoms. The highest BCUT2D eigenvalue weighted by Crippen LogP contribution is 2.10. The third-order valence-corrected chi connectivity index (χ3v) is 2.27. The zero-order chi connectivity index (χ0) is 13.6. The summed E-state index contributed by atoms with van der Waals surface area (Å²) in [6.07, 6.45) is 20.6. The zero-order valence-electron chi connectivity index (χ0n) is 12.2. The predicted molar refractivity (Wildman–Crippen MR) is 85.4 cm³/mol. The van der Waals surface area contributed by atoms with Crippen LogP contribution in [0.2, 0.25) is 0 Å². The van der Waals surface area contributed by atoms with Crippen molar-refractivity contribution in [3.8, 4) is 0 Å². The van der Waals surface area contributed by atoms with Crippen molar-refractivity contribution >= 4 is 0 Å². The highest BCUT2D eigenvalue weighted by molar-refractivity contribution is 5.32. The van der Waals surface area contributed by atoms with E-state index >= 15 is 0 Å². The van der Waals surface area contributed by atoms with E-state index in [1.165, 1.54) is 12.1 Å². The molecule has 0 bridgehead atoms. The Morgan fingerprint density at radius 1 is 0.889 bits per heavy atom. The molecular formula is C17H29N. The molecule has 0 aromatic heterocycles. The quantitative estimate of drug-likeness (QED) is 0.678. The molecule has 0 aromatic rings. The van der Waals surface area contributed by atoms with Crippen molar-refractivity contribution in [3.63, 3.8) is 0 Å². The van der Waals surface area contributed by atoms with Gasteiger partial charge in [0.25, 0.3) is 0 Å². The number of hydrogen-bond acceptors (Lipinski definition) is 1. The third kappa shape index (κ3) is 6.95. The maximum Gasteiger partial charge on any atom is 0.0380 e. The molecule has 0 amide bonds. The van der Waals surface area contributed by atoms with E-state index < -0.39 is 0 Å². The van der Waals surface area contributed by atoms with Crippen LogP contribution >= 0.6 is 0 Å². The Morgan fingerprint density at radius 3 is 2.28 bits per heavy atom. The van der Waals surface area contributed by atoms with Crippen LogP contribution in [0.25, 0.3) is 0 Å². The second-order valence-corrected chi connectivity index (χ2v) is 3.45. The minimum atomic E-state index is 0. The summed E-state index contributed by atoms with van der Waals surface area (Å²) in [5, 5.41) is 3.40. The van der Waals surface area contributed by atoms with E-state index in [1.807, 2.05) is 27.7 Å². The first-order valence-corrected chi connectivity index (χ1v) is 7.12.